The van der Waals surface area contributed by atoms with Crippen molar-refractivity contribution in [2.75, 3.05) is 6.61 Å². The fraction of sp³-hybridized carbons (Fsp3) is 0.364. The number of carbonyl (C=O) groups excluding carboxylic acids is 1. The van der Waals surface area contributed by atoms with E-state index in [1.807, 2.05) is 13.8 Å². The number of ether oxygens (including phenoxy) is 1. The maximum absolute atomic E-state index is 12.8. The van der Waals surface area contributed by atoms with E-state index < -0.39 is 5.82 Å². The molecule has 3 nitrogen and oxygen atoms in total. The van der Waals surface area contributed by atoms with E-state index in [2.05, 4.69) is 4.99 Å². The van der Waals surface area contributed by atoms with Crippen LogP contribution in [0.5, 0.6) is 5.75 Å². The van der Waals surface area contributed by atoms with Crippen LogP contribution in [0.3, 0.4) is 0 Å². The molecule has 0 radical (unpaired) electrons. The molecule has 1 rings (SSSR count). The first kappa shape index (κ1) is 11.4. The molecular formula is C11H12FNO2. The first-order valence-electron chi connectivity index (χ1n) is 4.63. The third-order valence-corrected chi connectivity index (χ3v) is 1.66. The number of hydrogen-bond acceptors (Lipinski definition) is 3. The maximum Gasteiger partial charge on any atom is 0.240 e. The van der Waals surface area contributed by atoms with Crippen LogP contribution in [0.25, 0.3) is 0 Å². The molecule has 0 amide bonds. The van der Waals surface area contributed by atoms with Gasteiger partial charge in [0.05, 0.1) is 6.61 Å². The Morgan fingerprint density at radius 2 is 2.27 bits per heavy atom. The van der Waals surface area contributed by atoms with Gasteiger partial charge >= 0.3 is 0 Å². The molecular weight excluding hydrogens is 197 g/mol. The topological polar surface area (TPSA) is 38.7 Å². The third kappa shape index (κ3) is 3.52. The highest BCUT2D eigenvalue weighted by Gasteiger charge is 2.05. The molecule has 0 heterocycles. The second-order valence-electron chi connectivity index (χ2n) is 3.52. The fourth-order valence-electron chi connectivity index (χ4n) is 1.01. The average molecular weight is 209 g/mol. The lowest BCUT2D eigenvalue weighted by atomic mass is 10.2. The van der Waals surface area contributed by atoms with Gasteiger partial charge in [0, 0.05) is 6.07 Å². The van der Waals surface area contributed by atoms with Gasteiger partial charge in [0.25, 0.3) is 0 Å². The summed E-state index contributed by atoms with van der Waals surface area (Å²) in [5, 5.41) is 0. The van der Waals surface area contributed by atoms with E-state index in [-0.39, 0.29) is 5.69 Å². The normalized spacial score (nSPS) is 9.87. The summed E-state index contributed by atoms with van der Waals surface area (Å²) in [6.45, 7) is 4.48. The Balaban J connectivity index is 2.90. The van der Waals surface area contributed by atoms with Crippen LogP contribution in [-0.2, 0) is 4.79 Å². The average Bonchev–Trinajstić information content (AvgIpc) is 2.17. The SMILES string of the molecule is CC(C)COc1ccc(F)cc1N=C=O. The molecule has 0 aliphatic heterocycles. The van der Waals surface area contributed by atoms with Crippen molar-refractivity contribution >= 4 is 11.8 Å². The van der Waals surface area contributed by atoms with E-state index in [4.69, 9.17) is 4.74 Å². The summed E-state index contributed by atoms with van der Waals surface area (Å²) in [4.78, 5) is 13.5. The molecule has 0 spiro atoms. The van der Waals surface area contributed by atoms with Crippen LogP contribution in [0.15, 0.2) is 23.2 Å². The largest absolute Gasteiger partial charge is 0.491 e. The van der Waals surface area contributed by atoms with Gasteiger partial charge < -0.3 is 4.74 Å². The van der Waals surface area contributed by atoms with Crippen molar-refractivity contribution in [3.63, 3.8) is 0 Å². The Kier molecular flexibility index (Phi) is 4.01. The molecule has 0 unspecified atom stereocenters. The molecule has 0 N–H and O–H groups in total. The summed E-state index contributed by atoms with van der Waals surface area (Å²) in [7, 11) is 0. The standard InChI is InChI=1S/C11H12FNO2/c1-8(2)6-15-11-4-3-9(12)5-10(11)13-7-14/h3-5,8H,6H2,1-2H3. The van der Waals surface area contributed by atoms with Gasteiger partial charge in [-0.3, -0.25) is 0 Å². The lowest BCUT2D eigenvalue weighted by molar-refractivity contribution is 0.271. The van der Waals surface area contributed by atoms with E-state index in [1.165, 1.54) is 18.2 Å². The maximum atomic E-state index is 12.8. The number of hydrogen-bond donors (Lipinski definition) is 0. The first-order chi connectivity index (χ1) is 7.13. The van der Waals surface area contributed by atoms with Crippen LogP contribution >= 0.6 is 0 Å². The van der Waals surface area contributed by atoms with Crippen LogP contribution in [0.1, 0.15) is 13.8 Å². The van der Waals surface area contributed by atoms with Crippen LogP contribution in [0.4, 0.5) is 10.1 Å². The van der Waals surface area contributed by atoms with Crippen LogP contribution in [0, 0.1) is 11.7 Å². The molecule has 0 atom stereocenters. The molecule has 0 saturated heterocycles. The number of isocyanates is 1. The van der Waals surface area contributed by atoms with E-state index in [1.54, 1.807) is 0 Å². The quantitative estimate of drug-likeness (QED) is 0.565. The van der Waals surface area contributed by atoms with Crippen LogP contribution in [0.2, 0.25) is 0 Å². The molecule has 0 saturated carbocycles. The first-order valence-corrected chi connectivity index (χ1v) is 4.63. The molecule has 0 aliphatic carbocycles. The monoisotopic (exact) mass is 209 g/mol. The minimum atomic E-state index is -0.458. The Morgan fingerprint density at radius 1 is 1.53 bits per heavy atom. The van der Waals surface area contributed by atoms with E-state index in [0.29, 0.717) is 18.3 Å². The van der Waals surface area contributed by atoms with Gasteiger partial charge in [0.2, 0.25) is 6.08 Å². The summed E-state index contributed by atoms with van der Waals surface area (Å²) in [6.07, 6.45) is 1.37. The van der Waals surface area contributed by atoms with Crippen molar-refractivity contribution in [3.05, 3.63) is 24.0 Å². The zero-order chi connectivity index (χ0) is 11.3. The Labute approximate surface area is 87.6 Å². The molecule has 15 heavy (non-hydrogen) atoms. The van der Waals surface area contributed by atoms with Crippen molar-refractivity contribution in [1.82, 2.24) is 0 Å². The highest BCUT2D eigenvalue weighted by Crippen LogP contribution is 2.28. The van der Waals surface area contributed by atoms with Crippen molar-refractivity contribution < 1.29 is 13.9 Å². The number of halogens is 1. The Morgan fingerprint density at radius 3 is 2.87 bits per heavy atom. The van der Waals surface area contributed by atoms with Crippen molar-refractivity contribution in [2.24, 2.45) is 10.9 Å². The molecule has 1 aromatic rings. The van der Waals surface area contributed by atoms with Crippen molar-refractivity contribution in [3.8, 4) is 5.75 Å². The number of nitrogens with zero attached hydrogens (tertiary/aromatic N) is 1. The highest BCUT2D eigenvalue weighted by molar-refractivity contribution is 5.57. The van der Waals surface area contributed by atoms with Crippen LogP contribution < -0.4 is 4.74 Å². The van der Waals surface area contributed by atoms with Gasteiger partial charge in [0.1, 0.15) is 17.3 Å². The second-order valence-corrected chi connectivity index (χ2v) is 3.52. The summed E-state index contributed by atoms with van der Waals surface area (Å²) in [5.41, 5.74) is 0.172. The van der Waals surface area contributed by atoms with Gasteiger partial charge in [0.15, 0.2) is 0 Å². The minimum Gasteiger partial charge on any atom is -0.491 e. The van der Waals surface area contributed by atoms with Crippen molar-refractivity contribution in [2.45, 2.75) is 13.8 Å². The van der Waals surface area contributed by atoms with Gasteiger partial charge in [-0.1, -0.05) is 13.8 Å². The lowest BCUT2D eigenvalue weighted by Crippen LogP contribution is -2.04. The van der Waals surface area contributed by atoms with E-state index in [0.717, 1.165) is 6.07 Å². The third-order valence-electron chi connectivity index (χ3n) is 1.66. The van der Waals surface area contributed by atoms with Gasteiger partial charge in [-0.15, -0.1) is 0 Å². The molecule has 0 aliphatic rings. The van der Waals surface area contributed by atoms with E-state index in [9.17, 15) is 9.18 Å². The van der Waals surface area contributed by atoms with Gasteiger partial charge in [-0.2, -0.15) is 4.99 Å². The highest BCUT2D eigenvalue weighted by atomic mass is 19.1. The number of rotatable bonds is 4. The minimum absolute atomic E-state index is 0.172. The molecule has 0 bridgehead atoms. The molecule has 80 valence electrons. The second kappa shape index (κ2) is 5.27. The number of benzene rings is 1. The molecule has 1 aromatic carbocycles. The molecule has 4 heteroatoms. The zero-order valence-electron chi connectivity index (χ0n) is 8.66. The van der Waals surface area contributed by atoms with Gasteiger partial charge in [-0.05, 0) is 18.1 Å². The summed E-state index contributed by atoms with van der Waals surface area (Å²) < 4.78 is 18.2. The van der Waals surface area contributed by atoms with Gasteiger partial charge in [-0.25, -0.2) is 9.18 Å². The Bertz CT molecular complexity index is 384. The predicted octanol–water partition coefficient (Wildman–Crippen LogP) is 2.83. The fourth-order valence-corrected chi connectivity index (χ4v) is 1.01. The Hall–Kier alpha value is -1.67. The molecule has 0 fully saturated rings. The lowest BCUT2D eigenvalue weighted by Gasteiger charge is -2.09. The van der Waals surface area contributed by atoms with E-state index >= 15 is 0 Å². The predicted molar refractivity (Wildman–Crippen MR) is 54.5 cm³/mol. The van der Waals surface area contributed by atoms with Crippen molar-refractivity contribution in [1.29, 1.82) is 0 Å². The van der Waals surface area contributed by atoms with Crippen LogP contribution in [-0.4, -0.2) is 12.7 Å². The summed E-state index contributed by atoms with van der Waals surface area (Å²) in [5.74, 6) is 0.289. The number of aliphatic imine (C=N–C) groups is 1. The smallest absolute Gasteiger partial charge is 0.240 e. The summed E-state index contributed by atoms with van der Waals surface area (Å²) >= 11 is 0. The summed E-state index contributed by atoms with van der Waals surface area (Å²) in [6, 6.07) is 3.86. The molecule has 0 aromatic heterocycles. The zero-order valence-corrected chi connectivity index (χ0v) is 8.66.